The zero-order valence-electron chi connectivity index (χ0n) is 13.0. The van der Waals surface area contributed by atoms with Gasteiger partial charge in [0.25, 0.3) is 0 Å². The largest absolute Gasteiger partial charge is 0.467 e. The van der Waals surface area contributed by atoms with Crippen LogP contribution in [-0.4, -0.2) is 24.6 Å². The normalized spacial score (nSPS) is 10.6. The van der Waals surface area contributed by atoms with Crippen molar-refractivity contribution in [1.82, 2.24) is 10.7 Å². The molecule has 126 valence electrons. The first-order valence-electron chi connectivity index (χ1n) is 7.27. The van der Waals surface area contributed by atoms with E-state index < -0.39 is 11.8 Å². The number of nitrogens with one attached hydrogen (secondary N) is 3. The number of halogens is 1. The highest BCUT2D eigenvalue weighted by atomic mass is 79.9. The molecule has 0 aliphatic rings. The number of benzene rings is 1. The van der Waals surface area contributed by atoms with Crippen molar-refractivity contribution in [3.8, 4) is 0 Å². The van der Waals surface area contributed by atoms with Crippen LogP contribution in [0.15, 0.2) is 50.6 Å². The summed E-state index contributed by atoms with van der Waals surface area (Å²) in [5.74, 6) is -0.737. The lowest BCUT2D eigenvalue weighted by Crippen LogP contribution is -2.37. The summed E-state index contributed by atoms with van der Waals surface area (Å²) < 4.78 is 6.14. The van der Waals surface area contributed by atoms with E-state index in [1.807, 2.05) is 30.3 Å². The van der Waals surface area contributed by atoms with Gasteiger partial charge in [-0.15, -0.1) is 0 Å². The van der Waals surface area contributed by atoms with E-state index >= 15 is 0 Å². The fraction of sp³-hybridized carbons (Fsp3) is 0.188. The molecule has 24 heavy (non-hydrogen) atoms. The van der Waals surface area contributed by atoms with Gasteiger partial charge in [0.05, 0.1) is 19.0 Å². The van der Waals surface area contributed by atoms with Gasteiger partial charge >= 0.3 is 11.8 Å². The number of likely N-dealkylation sites (N-methyl/N-ethyl adjacent to an activating group) is 1. The van der Waals surface area contributed by atoms with Gasteiger partial charge in [-0.25, -0.2) is 5.43 Å². The summed E-state index contributed by atoms with van der Waals surface area (Å²) >= 11 is 3.39. The molecule has 7 nitrogen and oxygen atoms in total. The molecular weight excluding hydrogens is 376 g/mol. The molecule has 1 aromatic heterocycles. The molecular formula is C16H17BrN4O3. The Morgan fingerprint density at radius 1 is 1.29 bits per heavy atom. The molecule has 1 heterocycles. The molecule has 0 aliphatic heterocycles. The van der Waals surface area contributed by atoms with E-state index in [0.717, 1.165) is 21.5 Å². The average molecular weight is 393 g/mol. The summed E-state index contributed by atoms with van der Waals surface area (Å²) in [4.78, 5) is 22.8. The molecule has 0 atom stereocenters. The van der Waals surface area contributed by atoms with Gasteiger partial charge in [-0.2, -0.15) is 5.10 Å². The maximum atomic E-state index is 11.5. The fourth-order valence-electron chi connectivity index (χ4n) is 1.85. The highest BCUT2D eigenvalue weighted by molar-refractivity contribution is 9.10. The Morgan fingerprint density at radius 2 is 2.12 bits per heavy atom. The van der Waals surface area contributed by atoms with Crippen molar-refractivity contribution in [2.24, 2.45) is 5.10 Å². The van der Waals surface area contributed by atoms with Gasteiger partial charge in [0, 0.05) is 22.3 Å². The number of nitrogens with zero attached hydrogens (tertiary/aromatic N) is 1. The lowest BCUT2D eigenvalue weighted by atomic mass is 10.2. The van der Waals surface area contributed by atoms with E-state index in [4.69, 9.17) is 4.42 Å². The minimum atomic E-state index is -0.812. The number of hydrazone groups is 1. The minimum absolute atomic E-state index is 0.377. The number of carbonyl (C=O) groups is 2. The molecule has 3 N–H and O–H groups in total. The van der Waals surface area contributed by atoms with Gasteiger partial charge in [0.2, 0.25) is 0 Å². The van der Waals surface area contributed by atoms with E-state index in [-0.39, 0.29) is 0 Å². The molecule has 0 fully saturated rings. The van der Waals surface area contributed by atoms with E-state index in [1.165, 1.54) is 6.21 Å². The predicted molar refractivity (Wildman–Crippen MR) is 94.6 cm³/mol. The summed E-state index contributed by atoms with van der Waals surface area (Å²) in [5, 5.41) is 9.44. The van der Waals surface area contributed by atoms with Crippen molar-refractivity contribution in [2.75, 3.05) is 11.9 Å². The van der Waals surface area contributed by atoms with Crippen LogP contribution in [0.3, 0.4) is 0 Å². The number of anilines is 1. The van der Waals surface area contributed by atoms with Gasteiger partial charge in [0.1, 0.15) is 5.76 Å². The van der Waals surface area contributed by atoms with Gasteiger partial charge in [0.15, 0.2) is 0 Å². The lowest BCUT2D eigenvalue weighted by Gasteiger charge is -2.08. The monoisotopic (exact) mass is 392 g/mol. The van der Waals surface area contributed by atoms with Crippen LogP contribution in [0.25, 0.3) is 0 Å². The molecule has 0 spiro atoms. The summed E-state index contributed by atoms with van der Waals surface area (Å²) in [6.45, 7) is 2.62. The summed E-state index contributed by atoms with van der Waals surface area (Å²) in [6.07, 6.45) is 3.07. The minimum Gasteiger partial charge on any atom is -0.467 e. The first-order chi connectivity index (χ1) is 11.6. The van der Waals surface area contributed by atoms with Crippen LogP contribution in [-0.2, 0) is 16.1 Å². The molecule has 2 rings (SSSR count). The van der Waals surface area contributed by atoms with E-state index in [1.54, 1.807) is 13.2 Å². The molecule has 0 saturated carbocycles. The third-order valence-electron chi connectivity index (χ3n) is 2.96. The number of amides is 2. The lowest BCUT2D eigenvalue weighted by molar-refractivity contribution is -0.139. The fourth-order valence-corrected chi connectivity index (χ4v) is 2.23. The first kappa shape index (κ1) is 17.7. The third kappa shape index (κ3) is 5.24. The van der Waals surface area contributed by atoms with Crippen LogP contribution in [0.4, 0.5) is 5.69 Å². The standard InChI is InChI=1S/C16H17BrN4O3/c1-2-18-15(22)16(23)21-20-9-11-8-12(17)5-6-14(11)19-10-13-4-3-7-24-13/h3-9,19H,2,10H2,1H3,(H,18,22)(H,21,23)/b20-9-. The zero-order valence-corrected chi connectivity index (χ0v) is 14.6. The van der Waals surface area contributed by atoms with Crippen molar-refractivity contribution in [1.29, 1.82) is 0 Å². The Kier molecular flexibility index (Phi) is 6.56. The summed E-state index contributed by atoms with van der Waals surface area (Å²) in [6, 6.07) is 9.28. The number of carbonyl (C=O) groups excluding carboxylic acids is 2. The maximum Gasteiger partial charge on any atom is 0.329 e. The second-order valence-corrected chi connectivity index (χ2v) is 5.64. The maximum absolute atomic E-state index is 11.5. The number of furan rings is 1. The van der Waals surface area contributed by atoms with E-state index in [2.05, 4.69) is 37.1 Å². The number of rotatable bonds is 6. The van der Waals surface area contributed by atoms with E-state index in [0.29, 0.717) is 13.1 Å². The average Bonchev–Trinajstić information content (AvgIpc) is 3.07. The molecule has 2 aromatic rings. The van der Waals surface area contributed by atoms with Crippen molar-refractivity contribution in [2.45, 2.75) is 13.5 Å². The molecule has 0 aliphatic carbocycles. The number of hydrogen-bond acceptors (Lipinski definition) is 5. The van der Waals surface area contributed by atoms with Crippen molar-refractivity contribution >= 4 is 39.6 Å². The Hall–Kier alpha value is -2.61. The van der Waals surface area contributed by atoms with Crippen LogP contribution in [0.5, 0.6) is 0 Å². The molecule has 0 unspecified atom stereocenters. The van der Waals surface area contributed by atoms with Gasteiger partial charge in [-0.05, 0) is 37.3 Å². The molecule has 8 heteroatoms. The van der Waals surface area contributed by atoms with Crippen LogP contribution < -0.4 is 16.1 Å². The topological polar surface area (TPSA) is 95.7 Å². The first-order valence-corrected chi connectivity index (χ1v) is 8.06. The van der Waals surface area contributed by atoms with Crippen molar-refractivity contribution in [3.63, 3.8) is 0 Å². The Balaban J connectivity index is 2.02. The van der Waals surface area contributed by atoms with Crippen LogP contribution in [0.1, 0.15) is 18.2 Å². The van der Waals surface area contributed by atoms with Gasteiger partial charge in [-0.1, -0.05) is 15.9 Å². The van der Waals surface area contributed by atoms with Crippen LogP contribution in [0.2, 0.25) is 0 Å². The zero-order chi connectivity index (χ0) is 17.4. The second-order valence-electron chi connectivity index (χ2n) is 4.72. The molecule has 0 saturated heterocycles. The highest BCUT2D eigenvalue weighted by Gasteiger charge is 2.10. The van der Waals surface area contributed by atoms with E-state index in [9.17, 15) is 9.59 Å². The van der Waals surface area contributed by atoms with Gasteiger partial charge in [-0.3, -0.25) is 9.59 Å². The van der Waals surface area contributed by atoms with Crippen molar-refractivity contribution in [3.05, 3.63) is 52.4 Å². The Labute approximate surface area is 147 Å². The second kappa shape index (κ2) is 8.88. The van der Waals surface area contributed by atoms with Crippen LogP contribution >= 0.6 is 15.9 Å². The summed E-state index contributed by atoms with van der Waals surface area (Å²) in [5.41, 5.74) is 3.74. The highest BCUT2D eigenvalue weighted by Crippen LogP contribution is 2.20. The van der Waals surface area contributed by atoms with Crippen molar-refractivity contribution < 1.29 is 14.0 Å². The predicted octanol–water partition coefficient (Wildman–Crippen LogP) is 2.24. The van der Waals surface area contributed by atoms with Gasteiger partial charge < -0.3 is 15.1 Å². The Morgan fingerprint density at radius 3 is 2.83 bits per heavy atom. The molecule has 0 radical (unpaired) electrons. The third-order valence-corrected chi connectivity index (χ3v) is 3.45. The molecule has 0 bridgehead atoms. The molecule has 2 amide bonds. The SMILES string of the molecule is CCNC(=O)C(=O)N/N=C\c1cc(Br)ccc1NCc1ccco1. The Bertz CT molecular complexity index is 729. The summed E-state index contributed by atoms with van der Waals surface area (Å²) in [7, 11) is 0. The number of hydrogen-bond donors (Lipinski definition) is 3. The smallest absolute Gasteiger partial charge is 0.329 e. The molecule has 1 aromatic carbocycles. The van der Waals surface area contributed by atoms with Crippen LogP contribution in [0, 0.1) is 0 Å². The quantitative estimate of drug-likeness (QED) is 0.399.